The molecule has 0 bridgehead atoms. The SMILES string of the molecule is N#Cc1ccc(N2CCC(NC(=O)c3ccc(-c4ccccc4F)s3)CC2)cc1. The fraction of sp³-hybridized carbons (Fsp3) is 0.217. The number of piperidine rings is 1. The normalized spacial score (nSPS) is 14.4. The summed E-state index contributed by atoms with van der Waals surface area (Å²) in [5.74, 6) is -0.383. The van der Waals surface area contributed by atoms with E-state index in [1.807, 2.05) is 24.3 Å². The van der Waals surface area contributed by atoms with Crippen molar-refractivity contribution in [3.63, 3.8) is 0 Å². The molecule has 0 spiro atoms. The van der Waals surface area contributed by atoms with E-state index in [1.165, 1.54) is 17.4 Å². The molecular formula is C23H20FN3OS. The van der Waals surface area contributed by atoms with Crippen LogP contribution in [0.3, 0.4) is 0 Å². The molecule has 146 valence electrons. The summed E-state index contributed by atoms with van der Waals surface area (Å²) < 4.78 is 14.0. The molecule has 6 heteroatoms. The van der Waals surface area contributed by atoms with Crippen molar-refractivity contribution >= 4 is 22.9 Å². The zero-order chi connectivity index (χ0) is 20.2. The number of nitrogens with one attached hydrogen (secondary N) is 1. The lowest BCUT2D eigenvalue weighted by Gasteiger charge is -2.34. The number of carbonyl (C=O) groups excluding carboxylic acids is 1. The van der Waals surface area contributed by atoms with Gasteiger partial charge in [0, 0.05) is 35.3 Å². The van der Waals surface area contributed by atoms with Gasteiger partial charge in [0.2, 0.25) is 0 Å². The number of benzene rings is 2. The van der Waals surface area contributed by atoms with Crippen molar-refractivity contribution in [1.29, 1.82) is 5.26 Å². The van der Waals surface area contributed by atoms with Crippen LogP contribution < -0.4 is 10.2 Å². The predicted molar refractivity (Wildman–Crippen MR) is 114 cm³/mol. The highest BCUT2D eigenvalue weighted by Crippen LogP contribution is 2.30. The molecule has 2 aromatic carbocycles. The second-order valence-corrected chi connectivity index (χ2v) is 8.12. The average molecular weight is 405 g/mol. The van der Waals surface area contributed by atoms with Crippen LogP contribution in [-0.2, 0) is 0 Å². The number of nitriles is 1. The van der Waals surface area contributed by atoms with Crippen LogP contribution in [0.1, 0.15) is 28.1 Å². The minimum Gasteiger partial charge on any atom is -0.371 e. The number of nitrogens with zero attached hydrogens (tertiary/aromatic N) is 2. The van der Waals surface area contributed by atoms with Crippen molar-refractivity contribution in [1.82, 2.24) is 5.32 Å². The Hall–Kier alpha value is -3.17. The maximum absolute atomic E-state index is 14.0. The van der Waals surface area contributed by atoms with Gasteiger partial charge in [-0.25, -0.2) is 4.39 Å². The van der Waals surface area contributed by atoms with E-state index in [4.69, 9.17) is 5.26 Å². The van der Waals surface area contributed by atoms with Crippen LogP contribution in [0.25, 0.3) is 10.4 Å². The molecule has 1 N–H and O–H groups in total. The van der Waals surface area contributed by atoms with Crippen molar-refractivity contribution in [3.05, 3.63) is 76.9 Å². The number of amides is 1. The standard InChI is InChI=1S/C23H20FN3OS/c24-20-4-2-1-3-19(20)21-9-10-22(29-21)23(28)26-17-11-13-27(14-12-17)18-7-5-16(15-25)6-8-18/h1-10,17H,11-14H2,(H,26,28). The van der Waals surface area contributed by atoms with Gasteiger partial charge in [-0.05, 0) is 55.3 Å². The van der Waals surface area contributed by atoms with Gasteiger partial charge in [-0.15, -0.1) is 11.3 Å². The second-order valence-electron chi connectivity index (χ2n) is 7.04. The van der Waals surface area contributed by atoms with Crippen molar-refractivity contribution in [3.8, 4) is 16.5 Å². The summed E-state index contributed by atoms with van der Waals surface area (Å²) in [6, 6.07) is 20.0. The van der Waals surface area contributed by atoms with E-state index >= 15 is 0 Å². The van der Waals surface area contributed by atoms with Gasteiger partial charge in [-0.2, -0.15) is 5.26 Å². The van der Waals surface area contributed by atoms with Crippen LogP contribution in [0.4, 0.5) is 10.1 Å². The fourth-order valence-corrected chi connectivity index (χ4v) is 4.49. The van der Waals surface area contributed by atoms with E-state index in [1.54, 1.807) is 30.3 Å². The Bertz CT molecular complexity index is 1050. The van der Waals surface area contributed by atoms with Crippen molar-refractivity contribution < 1.29 is 9.18 Å². The Morgan fingerprint density at radius 1 is 1.07 bits per heavy atom. The van der Waals surface area contributed by atoms with Crippen LogP contribution in [-0.4, -0.2) is 25.0 Å². The van der Waals surface area contributed by atoms with E-state index < -0.39 is 0 Å². The fourth-order valence-electron chi connectivity index (χ4n) is 3.55. The molecule has 0 aliphatic carbocycles. The van der Waals surface area contributed by atoms with E-state index in [-0.39, 0.29) is 17.8 Å². The summed E-state index contributed by atoms with van der Waals surface area (Å²) in [6.07, 6.45) is 1.72. The zero-order valence-electron chi connectivity index (χ0n) is 15.8. The molecule has 1 fully saturated rings. The van der Waals surface area contributed by atoms with Crippen molar-refractivity contribution in [2.45, 2.75) is 18.9 Å². The van der Waals surface area contributed by atoms with Crippen LogP contribution >= 0.6 is 11.3 Å². The molecule has 29 heavy (non-hydrogen) atoms. The molecule has 4 rings (SSSR count). The van der Waals surface area contributed by atoms with E-state index in [9.17, 15) is 9.18 Å². The van der Waals surface area contributed by atoms with Gasteiger partial charge in [0.1, 0.15) is 5.82 Å². The highest BCUT2D eigenvalue weighted by Gasteiger charge is 2.22. The summed E-state index contributed by atoms with van der Waals surface area (Å²) in [6.45, 7) is 1.70. The maximum Gasteiger partial charge on any atom is 0.261 e. The number of carbonyl (C=O) groups is 1. The zero-order valence-corrected chi connectivity index (χ0v) is 16.6. The number of thiophene rings is 1. The predicted octanol–water partition coefficient (Wildman–Crippen LogP) is 4.82. The van der Waals surface area contributed by atoms with Gasteiger partial charge in [-0.3, -0.25) is 4.79 Å². The molecule has 0 unspecified atom stereocenters. The topological polar surface area (TPSA) is 56.1 Å². The number of hydrogen-bond donors (Lipinski definition) is 1. The molecular weight excluding hydrogens is 385 g/mol. The molecule has 0 atom stereocenters. The number of hydrogen-bond acceptors (Lipinski definition) is 4. The average Bonchev–Trinajstić information content (AvgIpc) is 3.25. The third-order valence-electron chi connectivity index (χ3n) is 5.16. The monoisotopic (exact) mass is 405 g/mol. The molecule has 0 saturated carbocycles. The molecule has 1 aliphatic rings. The first kappa shape index (κ1) is 19.2. The molecule has 3 aromatic rings. The van der Waals surface area contributed by atoms with Crippen molar-refractivity contribution in [2.75, 3.05) is 18.0 Å². The summed E-state index contributed by atoms with van der Waals surface area (Å²) in [5, 5.41) is 12.0. The van der Waals surface area contributed by atoms with Gasteiger partial charge < -0.3 is 10.2 Å². The third-order valence-corrected chi connectivity index (χ3v) is 6.28. The minimum atomic E-state index is -0.281. The Kier molecular flexibility index (Phi) is 5.59. The molecule has 1 amide bonds. The molecule has 2 heterocycles. The van der Waals surface area contributed by atoms with Crippen LogP contribution in [0.2, 0.25) is 0 Å². The highest BCUT2D eigenvalue weighted by molar-refractivity contribution is 7.17. The Balaban J connectivity index is 1.34. The summed E-state index contributed by atoms with van der Waals surface area (Å²) in [4.78, 5) is 16.2. The van der Waals surface area contributed by atoms with Crippen molar-refractivity contribution in [2.24, 2.45) is 0 Å². The minimum absolute atomic E-state index is 0.102. The van der Waals surface area contributed by atoms with Crippen LogP contribution in [0, 0.1) is 17.1 Å². The Morgan fingerprint density at radius 3 is 2.48 bits per heavy atom. The maximum atomic E-state index is 14.0. The van der Waals surface area contributed by atoms with Gasteiger partial charge >= 0.3 is 0 Å². The molecule has 1 saturated heterocycles. The number of anilines is 1. The van der Waals surface area contributed by atoms with E-state index in [0.29, 0.717) is 16.0 Å². The Labute approximate surface area is 173 Å². The summed E-state index contributed by atoms with van der Waals surface area (Å²) >= 11 is 1.31. The molecule has 1 aliphatic heterocycles. The van der Waals surface area contributed by atoms with Gasteiger partial charge in [0.15, 0.2) is 0 Å². The first-order valence-corrected chi connectivity index (χ1v) is 10.4. The lowest BCUT2D eigenvalue weighted by atomic mass is 10.0. The first-order chi connectivity index (χ1) is 14.1. The second kappa shape index (κ2) is 8.46. The summed E-state index contributed by atoms with van der Waals surface area (Å²) in [7, 11) is 0. The number of rotatable bonds is 4. The van der Waals surface area contributed by atoms with Crippen LogP contribution in [0.15, 0.2) is 60.7 Å². The smallest absolute Gasteiger partial charge is 0.261 e. The lowest BCUT2D eigenvalue weighted by molar-refractivity contribution is 0.0935. The third kappa shape index (κ3) is 4.30. The molecule has 0 radical (unpaired) electrons. The van der Waals surface area contributed by atoms with Crippen LogP contribution in [0.5, 0.6) is 0 Å². The van der Waals surface area contributed by atoms with E-state index in [2.05, 4.69) is 16.3 Å². The molecule has 4 nitrogen and oxygen atoms in total. The largest absolute Gasteiger partial charge is 0.371 e. The summed E-state index contributed by atoms with van der Waals surface area (Å²) in [5.41, 5.74) is 2.27. The van der Waals surface area contributed by atoms with E-state index in [0.717, 1.165) is 36.5 Å². The molecule has 1 aromatic heterocycles. The quantitative estimate of drug-likeness (QED) is 0.677. The van der Waals surface area contributed by atoms with Gasteiger partial charge in [0.05, 0.1) is 16.5 Å². The lowest BCUT2D eigenvalue weighted by Crippen LogP contribution is -2.44. The first-order valence-electron chi connectivity index (χ1n) is 9.55. The highest BCUT2D eigenvalue weighted by atomic mass is 32.1. The van der Waals surface area contributed by atoms with Gasteiger partial charge in [-0.1, -0.05) is 18.2 Å². The van der Waals surface area contributed by atoms with Gasteiger partial charge in [0.25, 0.3) is 5.91 Å². The Morgan fingerprint density at radius 2 is 1.79 bits per heavy atom. The number of halogens is 1.